The average Bonchev–Trinajstić information content (AvgIpc) is 2.81. The number of anilines is 1. The van der Waals surface area contributed by atoms with Crippen LogP contribution in [0.4, 0.5) is 5.69 Å². The number of carbonyl (C=O) groups is 2. The maximum atomic E-state index is 12.1. The summed E-state index contributed by atoms with van der Waals surface area (Å²) in [5.74, 6) is -0.504. The third kappa shape index (κ3) is 4.60. The Morgan fingerprint density at radius 1 is 1.50 bits per heavy atom. The molecule has 1 aromatic carbocycles. The lowest BCUT2D eigenvalue weighted by Crippen LogP contribution is -2.35. The molecule has 22 heavy (non-hydrogen) atoms. The number of carbonyl (C=O) groups excluding carboxylic acids is 2. The highest BCUT2D eigenvalue weighted by atomic mass is 35.5. The molecule has 1 fully saturated rings. The van der Waals surface area contributed by atoms with Gasteiger partial charge in [0, 0.05) is 25.6 Å². The van der Waals surface area contributed by atoms with Crippen LogP contribution in [0.1, 0.15) is 19.8 Å². The summed E-state index contributed by atoms with van der Waals surface area (Å²) in [4.78, 5) is 25.7. The topological polar surface area (TPSA) is 75.4 Å². The van der Waals surface area contributed by atoms with Gasteiger partial charge in [-0.3, -0.25) is 9.59 Å². The van der Waals surface area contributed by atoms with Gasteiger partial charge in [0.05, 0.1) is 16.6 Å². The van der Waals surface area contributed by atoms with E-state index in [1.165, 1.54) is 0 Å². The highest BCUT2D eigenvalue weighted by Gasteiger charge is 2.35. The van der Waals surface area contributed by atoms with E-state index in [-0.39, 0.29) is 42.6 Å². The number of para-hydroxylation sites is 1. The van der Waals surface area contributed by atoms with Crippen LogP contribution >= 0.6 is 24.0 Å². The molecule has 2 unspecified atom stereocenters. The van der Waals surface area contributed by atoms with E-state index in [1.807, 2.05) is 19.1 Å². The molecule has 1 saturated heterocycles. The molecule has 1 aliphatic rings. The van der Waals surface area contributed by atoms with Crippen molar-refractivity contribution in [2.75, 3.05) is 18.0 Å². The van der Waals surface area contributed by atoms with Crippen molar-refractivity contribution in [1.82, 2.24) is 5.32 Å². The normalized spacial score (nSPS) is 18.8. The summed E-state index contributed by atoms with van der Waals surface area (Å²) in [6.07, 6.45) is 0.940. The maximum absolute atomic E-state index is 12.1. The first-order valence-electron chi connectivity index (χ1n) is 7.07. The Balaban J connectivity index is 0.00000242. The first-order chi connectivity index (χ1) is 9.99. The van der Waals surface area contributed by atoms with Crippen molar-refractivity contribution < 1.29 is 9.59 Å². The van der Waals surface area contributed by atoms with Crippen LogP contribution in [0.3, 0.4) is 0 Å². The first-order valence-corrected chi connectivity index (χ1v) is 7.45. The monoisotopic (exact) mass is 345 g/mol. The van der Waals surface area contributed by atoms with E-state index < -0.39 is 0 Å². The second kappa shape index (κ2) is 8.36. The second-order valence-electron chi connectivity index (χ2n) is 5.41. The number of rotatable bonds is 5. The number of nitrogens with zero attached hydrogens (tertiary/aromatic N) is 1. The summed E-state index contributed by atoms with van der Waals surface area (Å²) >= 11 is 6.11. The Labute approximate surface area is 141 Å². The molecule has 2 atom stereocenters. The molecule has 0 saturated carbocycles. The maximum Gasteiger partial charge on any atom is 0.227 e. The number of hydrogen-bond acceptors (Lipinski definition) is 3. The summed E-state index contributed by atoms with van der Waals surface area (Å²) < 4.78 is 0. The lowest BCUT2D eigenvalue weighted by atomic mass is 10.1. The number of nitrogens with one attached hydrogen (secondary N) is 1. The Morgan fingerprint density at radius 3 is 2.82 bits per heavy atom. The van der Waals surface area contributed by atoms with Gasteiger partial charge < -0.3 is 16.0 Å². The van der Waals surface area contributed by atoms with E-state index in [2.05, 4.69) is 5.32 Å². The van der Waals surface area contributed by atoms with Gasteiger partial charge in [-0.1, -0.05) is 23.7 Å². The minimum Gasteiger partial charge on any atom is -0.356 e. The van der Waals surface area contributed by atoms with Gasteiger partial charge in [0.1, 0.15) is 0 Å². The molecular weight excluding hydrogens is 325 g/mol. The summed E-state index contributed by atoms with van der Waals surface area (Å²) in [6, 6.07) is 7.21. The number of hydrogen-bond donors (Lipinski definition) is 2. The third-order valence-electron chi connectivity index (χ3n) is 3.54. The fourth-order valence-electron chi connectivity index (χ4n) is 2.35. The van der Waals surface area contributed by atoms with Gasteiger partial charge in [-0.25, -0.2) is 0 Å². The quantitative estimate of drug-likeness (QED) is 0.856. The van der Waals surface area contributed by atoms with E-state index in [0.29, 0.717) is 23.8 Å². The zero-order valence-corrected chi connectivity index (χ0v) is 14.0. The molecule has 1 aromatic rings. The van der Waals surface area contributed by atoms with Gasteiger partial charge in [0.2, 0.25) is 11.8 Å². The second-order valence-corrected chi connectivity index (χ2v) is 5.82. The molecule has 5 nitrogen and oxygen atoms in total. The zero-order valence-electron chi connectivity index (χ0n) is 12.4. The van der Waals surface area contributed by atoms with E-state index in [1.54, 1.807) is 17.0 Å². The summed E-state index contributed by atoms with van der Waals surface area (Å²) in [6.45, 7) is 2.80. The molecule has 3 N–H and O–H groups in total. The third-order valence-corrected chi connectivity index (χ3v) is 3.86. The van der Waals surface area contributed by atoms with Gasteiger partial charge in [-0.2, -0.15) is 0 Å². The predicted molar refractivity (Wildman–Crippen MR) is 90.4 cm³/mol. The van der Waals surface area contributed by atoms with Gasteiger partial charge in [-0.05, 0) is 25.5 Å². The van der Waals surface area contributed by atoms with E-state index in [0.717, 1.165) is 6.42 Å². The van der Waals surface area contributed by atoms with Gasteiger partial charge in [0.15, 0.2) is 0 Å². The molecule has 2 amide bonds. The van der Waals surface area contributed by atoms with Crippen molar-refractivity contribution in [3.05, 3.63) is 29.3 Å². The molecule has 7 heteroatoms. The van der Waals surface area contributed by atoms with E-state index in [9.17, 15) is 9.59 Å². The van der Waals surface area contributed by atoms with Gasteiger partial charge in [0.25, 0.3) is 0 Å². The van der Waals surface area contributed by atoms with Crippen LogP contribution in [0.25, 0.3) is 0 Å². The smallest absolute Gasteiger partial charge is 0.227 e. The molecule has 0 aliphatic carbocycles. The largest absolute Gasteiger partial charge is 0.356 e. The minimum atomic E-state index is -0.332. The Kier molecular flexibility index (Phi) is 7.13. The molecule has 0 spiro atoms. The van der Waals surface area contributed by atoms with Crippen LogP contribution in [0, 0.1) is 5.92 Å². The molecule has 0 radical (unpaired) electrons. The molecule has 2 rings (SSSR count). The van der Waals surface area contributed by atoms with Crippen LogP contribution in [0.2, 0.25) is 5.02 Å². The minimum absolute atomic E-state index is 0. The van der Waals surface area contributed by atoms with Crippen molar-refractivity contribution in [1.29, 1.82) is 0 Å². The average molecular weight is 346 g/mol. The molecule has 1 heterocycles. The summed E-state index contributed by atoms with van der Waals surface area (Å²) in [5.41, 5.74) is 6.30. The highest BCUT2D eigenvalue weighted by Crippen LogP contribution is 2.30. The number of amides is 2. The van der Waals surface area contributed by atoms with Crippen LogP contribution < -0.4 is 16.0 Å². The van der Waals surface area contributed by atoms with Crippen molar-refractivity contribution in [3.8, 4) is 0 Å². The Hall–Kier alpha value is -1.30. The van der Waals surface area contributed by atoms with Crippen molar-refractivity contribution in [2.24, 2.45) is 11.7 Å². The highest BCUT2D eigenvalue weighted by molar-refractivity contribution is 6.33. The van der Waals surface area contributed by atoms with Crippen LogP contribution in [0.5, 0.6) is 0 Å². The summed E-state index contributed by atoms with van der Waals surface area (Å²) in [5, 5.41) is 3.35. The first kappa shape index (κ1) is 18.7. The molecular formula is C15H21Cl2N3O2. The van der Waals surface area contributed by atoms with Crippen LogP contribution in [-0.4, -0.2) is 30.9 Å². The van der Waals surface area contributed by atoms with Crippen molar-refractivity contribution >= 4 is 41.5 Å². The number of nitrogens with two attached hydrogens (primary N) is 1. The van der Waals surface area contributed by atoms with E-state index >= 15 is 0 Å². The predicted octanol–water partition coefficient (Wildman–Crippen LogP) is 1.97. The van der Waals surface area contributed by atoms with Crippen LogP contribution in [0.15, 0.2) is 24.3 Å². The molecule has 0 aromatic heterocycles. The fraction of sp³-hybridized carbons (Fsp3) is 0.467. The van der Waals surface area contributed by atoms with Gasteiger partial charge >= 0.3 is 0 Å². The van der Waals surface area contributed by atoms with Crippen molar-refractivity contribution in [2.45, 2.75) is 25.8 Å². The lowest BCUT2D eigenvalue weighted by Gasteiger charge is -2.18. The zero-order chi connectivity index (χ0) is 15.4. The Bertz CT molecular complexity index is 537. The molecule has 1 aliphatic heterocycles. The SMILES string of the molecule is CC(N)CCNC(=O)C1CC(=O)N(c2ccccc2Cl)C1.Cl. The van der Waals surface area contributed by atoms with Crippen molar-refractivity contribution in [3.63, 3.8) is 0 Å². The standard InChI is InChI=1S/C15H20ClN3O2.ClH/c1-10(17)6-7-18-15(21)11-8-14(20)19(9-11)13-5-3-2-4-12(13)16;/h2-5,10-11H,6-9,17H2,1H3,(H,18,21);1H. The van der Waals surface area contributed by atoms with Crippen LogP contribution in [-0.2, 0) is 9.59 Å². The molecule has 122 valence electrons. The lowest BCUT2D eigenvalue weighted by molar-refractivity contribution is -0.126. The van der Waals surface area contributed by atoms with Gasteiger partial charge in [-0.15, -0.1) is 12.4 Å². The molecule has 0 bridgehead atoms. The fourth-order valence-corrected chi connectivity index (χ4v) is 2.59. The van der Waals surface area contributed by atoms with E-state index in [4.69, 9.17) is 17.3 Å². The Morgan fingerprint density at radius 2 is 2.18 bits per heavy atom. The number of benzene rings is 1. The summed E-state index contributed by atoms with van der Waals surface area (Å²) in [7, 11) is 0. The number of halogens is 2.